The molecule has 0 aliphatic heterocycles. The zero-order chi connectivity index (χ0) is 18.5. The number of hydrogen-bond acceptors (Lipinski definition) is 6. The molecule has 0 spiro atoms. The molecule has 1 atom stereocenters. The van der Waals surface area contributed by atoms with Crippen LogP contribution in [-0.4, -0.2) is 23.5 Å². The maximum atomic E-state index is 12.4. The number of aromatic nitrogens is 2. The number of carbonyl (C=O) groups is 1. The van der Waals surface area contributed by atoms with E-state index in [-0.39, 0.29) is 10.9 Å². The number of ether oxygens (including phenoxy) is 1. The molecule has 3 rings (SSSR count). The number of thioether (sulfide) groups is 1. The minimum Gasteiger partial charge on any atom is -0.538 e. The van der Waals surface area contributed by atoms with E-state index >= 15 is 0 Å². The van der Waals surface area contributed by atoms with Gasteiger partial charge in [0.05, 0.1) is 17.6 Å². The van der Waals surface area contributed by atoms with Crippen LogP contribution in [0.1, 0.15) is 6.92 Å². The summed E-state index contributed by atoms with van der Waals surface area (Å²) in [6, 6.07) is 16.1. The first-order valence-corrected chi connectivity index (χ1v) is 8.72. The second-order valence-corrected chi connectivity index (χ2v) is 6.72. The van der Waals surface area contributed by atoms with Crippen molar-refractivity contribution in [3.63, 3.8) is 0 Å². The SMILES string of the molecule is COc1ccc(-[n+]2noc([O-])c2SC(C)C(=O)Nc2ccccc2)cc1. The zero-order valence-electron chi connectivity index (χ0n) is 14.2. The molecule has 0 aliphatic carbocycles. The van der Waals surface area contributed by atoms with E-state index in [2.05, 4.69) is 10.6 Å². The molecule has 0 aliphatic rings. The van der Waals surface area contributed by atoms with E-state index in [9.17, 15) is 9.90 Å². The van der Waals surface area contributed by atoms with Gasteiger partial charge in [-0.15, -0.1) is 0 Å². The molecule has 3 aromatic rings. The summed E-state index contributed by atoms with van der Waals surface area (Å²) in [5, 5.41) is 18.3. The smallest absolute Gasteiger partial charge is 0.298 e. The van der Waals surface area contributed by atoms with Gasteiger partial charge in [0, 0.05) is 17.8 Å². The van der Waals surface area contributed by atoms with Crippen LogP contribution in [-0.2, 0) is 4.79 Å². The third-order valence-electron chi connectivity index (χ3n) is 3.59. The van der Waals surface area contributed by atoms with Crippen LogP contribution in [0.3, 0.4) is 0 Å². The van der Waals surface area contributed by atoms with Crippen molar-refractivity contribution in [1.29, 1.82) is 0 Å². The first-order valence-electron chi connectivity index (χ1n) is 7.84. The van der Waals surface area contributed by atoms with Gasteiger partial charge in [-0.3, -0.25) is 4.79 Å². The number of benzene rings is 2. The van der Waals surface area contributed by atoms with Crippen LogP contribution in [0.4, 0.5) is 5.69 Å². The summed E-state index contributed by atoms with van der Waals surface area (Å²) in [6.07, 6.45) is 0. The largest absolute Gasteiger partial charge is 0.538 e. The van der Waals surface area contributed by atoms with Gasteiger partial charge in [0.15, 0.2) is 5.95 Å². The molecule has 1 amide bonds. The molecule has 26 heavy (non-hydrogen) atoms. The Kier molecular flexibility index (Phi) is 5.43. The number of amides is 1. The summed E-state index contributed by atoms with van der Waals surface area (Å²) >= 11 is 1.09. The average molecular weight is 371 g/mol. The Morgan fingerprint density at radius 2 is 1.92 bits per heavy atom. The monoisotopic (exact) mass is 371 g/mol. The number of anilines is 1. The number of rotatable bonds is 6. The van der Waals surface area contributed by atoms with Crippen LogP contribution in [0.2, 0.25) is 0 Å². The highest BCUT2D eigenvalue weighted by atomic mass is 32.2. The Labute approximate surface area is 154 Å². The minimum atomic E-state index is -0.592. The van der Waals surface area contributed by atoms with Gasteiger partial charge in [-0.25, -0.2) is 0 Å². The molecule has 7 nitrogen and oxygen atoms in total. The molecule has 8 heteroatoms. The van der Waals surface area contributed by atoms with Crippen molar-refractivity contribution in [2.75, 3.05) is 12.4 Å². The predicted molar refractivity (Wildman–Crippen MR) is 94.4 cm³/mol. The normalized spacial score (nSPS) is 11.8. The van der Waals surface area contributed by atoms with E-state index < -0.39 is 11.2 Å². The Balaban J connectivity index is 1.76. The number of para-hydroxylation sites is 1. The fourth-order valence-corrected chi connectivity index (χ4v) is 3.09. The summed E-state index contributed by atoms with van der Waals surface area (Å²) in [5.41, 5.74) is 1.33. The molecular weight excluding hydrogens is 354 g/mol. The quantitative estimate of drug-likeness (QED) is 0.527. The average Bonchev–Trinajstić information content (AvgIpc) is 3.03. The van der Waals surface area contributed by atoms with Crippen molar-refractivity contribution >= 4 is 23.4 Å². The zero-order valence-corrected chi connectivity index (χ0v) is 15.0. The van der Waals surface area contributed by atoms with Gasteiger partial charge < -0.3 is 19.7 Å². The second kappa shape index (κ2) is 7.92. The molecule has 0 radical (unpaired) electrons. The molecule has 1 unspecified atom stereocenters. The number of nitrogens with one attached hydrogen (secondary N) is 1. The molecular formula is C18H17N3O4S. The van der Waals surface area contributed by atoms with Crippen LogP contribution >= 0.6 is 11.8 Å². The Bertz CT molecular complexity index is 881. The molecule has 0 bridgehead atoms. The van der Waals surface area contributed by atoms with Crippen LogP contribution in [0.25, 0.3) is 5.69 Å². The topological polar surface area (TPSA) is 91.3 Å². The summed E-state index contributed by atoms with van der Waals surface area (Å²) < 4.78 is 11.3. The summed E-state index contributed by atoms with van der Waals surface area (Å²) in [7, 11) is 1.57. The number of hydrogen-bond donors (Lipinski definition) is 1. The van der Waals surface area contributed by atoms with Gasteiger partial charge in [-0.2, -0.15) is 0 Å². The maximum Gasteiger partial charge on any atom is 0.298 e. The number of nitrogens with zero attached hydrogens (tertiary/aromatic N) is 2. The standard InChI is InChI=1S/C18H17N3O4S/c1-12(16(22)19-13-6-4-3-5-7-13)26-17-18(23)25-20-21(17)14-8-10-15(24-2)11-9-14/h3-12H,1-2H3,(H-,19,20,22,23). The predicted octanol–water partition coefficient (Wildman–Crippen LogP) is 2.15. The van der Waals surface area contributed by atoms with Gasteiger partial charge in [0.1, 0.15) is 5.75 Å². The Hall–Kier alpha value is -3.00. The van der Waals surface area contributed by atoms with Crippen LogP contribution in [0.15, 0.2) is 64.1 Å². The molecule has 1 aromatic heterocycles. The summed E-state index contributed by atoms with van der Waals surface area (Å²) in [5.74, 6) is -0.127. The van der Waals surface area contributed by atoms with E-state index in [1.165, 1.54) is 4.68 Å². The highest BCUT2D eigenvalue weighted by Crippen LogP contribution is 2.28. The second-order valence-electron chi connectivity index (χ2n) is 5.39. The first-order chi connectivity index (χ1) is 12.6. The molecule has 134 valence electrons. The van der Waals surface area contributed by atoms with Gasteiger partial charge in [-0.1, -0.05) is 18.2 Å². The number of methoxy groups -OCH3 is 1. The van der Waals surface area contributed by atoms with Crippen molar-refractivity contribution in [2.24, 2.45) is 0 Å². The van der Waals surface area contributed by atoms with Gasteiger partial charge >= 0.3 is 0 Å². The lowest BCUT2D eigenvalue weighted by Crippen LogP contribution is -2.36. The van der Waals surface area contributed by atoms with E-state index in [1.54, 1.807) is 50.4 Å². The van der Waals surface area contributed by atoms with Gasteiger partial charge in [0.2, 0.25) is 11.6 Å². The summed E-state index contributed by atoms with van der Waals surface area (Å²) in [6.45, 7) is 1.72. The lowest BCUT2D eigenvalue weighted by molar-refractivity contribution is -0.705. The third kappa shape index (κ3) is 3.97. The van der Waals surface area contributed by atoms with Gasteiger partial charge in [-0.05, 0) is 47.6 Å². The third-order valence-corrected chi connectivity index (χ3v) is 4.72. The molecule has 1 heterocycles. The van der Waals surface area contributed by atoms with Crippen molar-refractivity contribution < 1.29 is 23.8 Å². The van der Waals surface area contributed by atoms with Crippen molar-refractivity contribution in [3.8, 4) is 17.4 Å². The van der Waals surface area contributed by atoms with E-state index in [1.807, 2.05) is 18.2 Å². The van der Waals surface area contributed by atoms with E-state index in [0.717, 1.165) is 11.8 Å². The van der Waals surface area contributed by atoms with Crippen molar-refractivity contribution in [3.05, 3.63) is 54.6 Å². The molecule has 1 N–H and O–H groups in total. The number of carbonyl (C=O) groups excluding carboxylic acids is 1. The first kappa shape index (κ1) is 17.8. The fourth-order valence-electron chi connectivity index (χ4n) is 2.21. The van der Waals surface area contributed by atoms with E-state index in [4.69, 9.17) is 9.26 Å². The summed E-state index contributed by atoms with van der Waals surface area (Å²) in [4.78, 5) is 12.4. The lowest BCUT2D eigenvalue weighted by Gasteiger charge is -2.10. The van der Waals surface area contributed by atoms with Crippen LogP contribution in [0.5, 0.6) is 11.7 Å². The minimum absolute atomic E-state index is 0.219. The Morgan fingerprint density at radius 3 is 2.58 bits per heavy atom. The van der Waals surface area contributed by atoms with Crippen molar-refractivity contribution in [1.82, 2.24) is 5.27 Å². The van der Waals surface area contributed by atoms with Crippen LogP contribution < -0.4 is 19.8 Å². The fraction of sp³-hybridized carbons (Fsp3) is 0.167. The maximum absolute atomic E-state index is 12.4. The highest BCUT2D eigenvalue weighted by Gasteiger charge is 2.26. The van der Waals surface area contributed by atoms with Gasteiger partial charge in [0.25, 0.3) is 5.03 Å². The molecule has 0 saturated heterocycles. The van der Waals surface area contributed by atoms with E-state index in [0.29, 0.717) is 17.1 Å². The Morgan fingerprint density at radius 1 is 1.23 bits per heavy atom. The van der Waals surface area contributed by atoms with Crippen LogP contribution in [0, 0.1) is 0 Å². The molecule has 0 fully saturated rings. The lowest BCUT2D eigenvalue weighted by atomic mass is 10.3. The van der Waals surface area contributed by atoms with Crippen molar-refractivity contribution in [2.45, 2.75) is 17.2 Å². The molecule has 0 saturated carbocycles. The highest BCUT2D eigenvalue weighted by molar-refractivity contribution is 8.00. The molecule has 2 aromatic carbocycles.